The molecule has 0 saturated carbocycles. The lowest BCUT2D eigenvalue weighted by molar-refractivity contribution is 0.0627. The van der Waals surface area contributed by atoms with Crippen LogP contribution in [0.25, 0.3) is 16.9 Å². The summed E-state index contributed by atoms with van der Waals surface area (Å²) in [5.74, 6) is -1.75. The summed E-state index contributed by atoms with van der Waals surface area (Å²) < 4.78 is 35.7. The van der Waals surface area contributed by atoms with Crippen molar-refractivity contribution in [3.63, 3.8) is 0 Å². The summed E-state index contributed by atoms with van der Waals surface area (Å²) in [6, 6.07) is 8.99. The Balaban J connectivity index is 1.16. The van der Waals surface area contributed by atoms with Crippen LogP contribution >= 0.6 is 0 Å². The van der Waals surface area contributed by atoms with Gasteiger partial charge in [0.1, 0.15) is 0 Å². The molecule has 1 atom stereocenters. The number of nitrogens with zero attached hydrogens (tertiary/aromatic N) is 5. The predicted octanol–water partition coefficient (Wildman–Crippen LogP) is 4.24. The number of ether oxygens (including phenoxy) is 1. The monoisotopic (exact) mass is 561 g/mol. The first-order chi connectivity index (χ1) is 19.9. The SMILES string of the molecule is COc1ccc(-c2cnc3c(Nc4ccc(C(=O)N5CCN(CC6CCCN6)CC5)c(C)c4)nccn23)c(F)c1F. The Morgan fingerprint density at radius 1 is 1.12 bits per heavy atom. The number of nitrogens with one attached hydrogen (secondary N) is 2. The van der Waals surface area contributed by atoms with Gasteiger partial charge in [-0.3, -0.25) is 14.1 Å². The van der Waals surface area contributed by atoms with Crippen LogP contribution in [0.15, 0.2) is 48.9 Å². The van der Waals surface area contributed by atoms with Crippen LogP contribution in [0, 0.1) is 18.6 Å². The topological polar surface area (TPSA) is 87.0 Å². The van der Waals surface area contributed by atoms with Gasteiger partial charge in [-0.25, -0.2) is 14.4 Å². The number of imidazole rings is 1. The van der Waals surface area contributed by atoms with Crippen LogP contribution in [0.5, 0.6) is 5.75 Å². The van der Waals surface area contributed by atoms with Crippen LogP contribution in [0.1, 0.15) is 28.8 Å². The molecule has 2 aromatic carbocycles. The van der Waals surface area contributed by atoms with E-state index >= 15 is 0 Å². The number of methoxy groups -OCH3 is 1. The van der Waals surface area contributed by atoms with Gasteiger partial charge in [-0.2, -0.15) is 4.39 Å². The van der Waals surface area contributed by atoms with Gasteiger partial charge in [0.2, 0.25) is 5.82 Å². The molecule has 2 N–H and O–H groups in total. The molecule has 41 heavy (non-hydrogen) atoms. The summed E-state index contributed by atoms with van der Waals surface area (Å²) in [4.78, 5) is 26.5. The van der Waals surface area contributed by atoms with Crippen molar-refractivity contribution in [3.05, 3.63) is 71.7 Å². The average Bonchev–Trinajstić information content (AvgIpc) is 3.65. The number of hydrogen-bond donors (Lipinski definition) is 2. The lowest BCUT2D eigenvalue weighted by Gasteiger charge is -2.36. The molecule has 0 aliphatic carbocycles. The second-order valence-corrected chi connectivity index (χ2v) is 10.6. The maximum atomic E-state index is 14.8. The van der Waals surface area contributed by atoms with E-state index in [2.05, 4.69) is 25.5 Å². The minimum absolute atomic E-state index is 0.0413. The lowest BCUT2D eigenvalue weighted by atomic mass is 10.1. The van der Waals surface area contributed by atoms with Gasteiger partial charge in [-0.1, -0.05) is 0 Å². The predicted molar refractivity (Wildman–Crippen MR) is 153 cm³/mol. The van der Waals surface area contributed by atoms with Crippen LogP contribution < -0.4 is 15.4 Å². The highest BCUT2D eigenvalue weighted by atomic mass is 19.2. The molecule has 11 heteroatoms. The molecule has 9 nitrogen and oxygen atoms in total. The highest BCUT2D eigenvalue weighted by molar-refractivity contribution is 5.96. The van der Waals surface area contributed by atoms with E-state index in [1.807, 2.05) is 30.0 Å². The minimum Gasteiger partial charge on any atom is -0.494 e. The van der Waals surface area contributed by atoms with Crippen molar-refractivity contribution in [1.29, 1.82) is 0 Å². The van der Waals surface area contributed by atoms with E-state index in [9.17, 15) is 13.6 Å². The van der Waals surface area contributed by atoms with Crippen molar-refractivity contribution < 1.29 is 18.3 Å². The van der Waals surface area contributed by atoms with Crippen LogP contribution in [0.3, 0.4) is 0 Å². The number of halogens is 2. The second-order valence-electron chi connectivity index (χ2n) is 10.6. The number of piperazine rings is 1. The van der Waals surface area contributed by atoms with E-state index in [0.717, 1.165) is 50.5 Å². The molecule has 1 amide bonds. The first kappa shape index (κ1) is 27.1. The molecule has 4 heterocycles. The van der Waals surface area contributed by atoms with Gasteiger partial charge in [0, 0.05) is 68.0 Å². The number of carbonyl (C=O) groups is 1. The molecular weight excluding hydrogens is 528 g/mol. The zero-order valence-electron chi connectivity index (χ0n) is 23.2. The fraction of sp³-hybridized carbons (Fsp3) is 0.367. The molecule has 2 fully saturated rings. The van der Waals surface area contributed by atoms with Crippen LogP contribution in [-0.4, -0.2) is 82.5 Å². The standard InChI is InChI=1S/C30H33F2N7O2/c1-19-16-20(5-6-22(19)30(40)38-14-12-37(13-15-38)18-21-4-3-9-33-21)36-28-29-35-17-24(39(29)11-10-34-28)23-7-8-25(41-2)27(32)26(23)31/h5-8,10-11,16-17,21,33H,3-4,9,12-15,18H2,1-2H3,(H,34,36). The summed E-state index contributed by atoms with van der Waals surface area (Å²) in [6.07, 6.45) is 7.15. The number of aromatic nitrogens is 3. The largest absolute Gasteiger partial charge is 0.494 e. The Morgan fingerprint density at radius 3 is 2.68 bits per heavy atom. The Hall–Kier alpha value is -4.09. The Kier molecular flexibility index (Phi) is 7.55. The van der Waals surface area contributed by atoms with Crippen molar-refractivity contribution in [3.8, 4) is 17.0 Å². The normalized spacial score (nSPS) is 17.8. The molecule has 0 radical (unpaired) electrons. The number of aryl methyl sites for hydroxylation is 1. The van der Waals surface area contributed by atoms with Crippen LogP contribution in [-0.2, 0) is 0 Å². The zero-order chi connectivity index (χ0) is 28.5. The fourth-order valence-electron chi connectivity index (χ4n) is 5.74. The van der Waals surface area contributed by atoms with E-state index in [0.29, 0.717) is 28.8 Å². The summed E-state index contributed by atoms with van der Waals surface area (Å²) in [7, 11) is 1.29. The number of benzene rings is 2. The van der Waals surface area contributed by atoms with E-state index < -0.39 is 11.6 Å². The lowest BCUT2D eigenvalue weighted by Crippen LogP contribution is -2.51. The maximum absolute atomic E-state index is 14.8. The van der Waals surface area contributed by atoms with Gasteiger partial charge >= 0.3 is 0 Å². The summed E-state index contributed by atoms with van der Waals surface area (Å²) >= 11 is 0. The highest BCUT2D eigenvalue weighted by Crippen LogP contribution is 2.31. The molecule has 1 unspecified atom stereocenters. The molecule has 214 valence electrons. The second kappa shape index (κ2) is 11.4. The number of hydrogen-bond acceptors (Lipinski definition) is 7. The molecule has 0 spiro atoms. The minimum atomic E-state index is -1.05. The third-order valence-corrected chi connectivity index (χ3v) is 7.99. The molecular formula is C30H33F2N7O2. The Morgan fingerprint density at radius 2 is 1.95 bits per heavy atom. The smallest absolute Gasteiger partial charge is 0.254 e. The van der Waals surface area contributed by atoms with E-state index in [4.69, 9.17) is 4.74 Å². The Labute approximate surface area is 237 Å². The van der Waals surface area contributed by atoms with E-state index in [-0.39, 0.29) is 17.2 Å². The first-order valence-electron chi connectivity index (χ1n) is 13.9. The average molecular weight is 562 g/mol. The van der Waals surface area contributed by atoms with Gasteiger partial charge in [0.05, 0.1) is 19.0 Å². The molecule has 2 aliphatic heterocycles. The van der Waals surface area contributed by atoms with E-state index in [1.54, 1.807) is 16.8 Å². The summed E-state index contributed by atoms with van der Waals surface area (Å²) in [5, 5.41) is 6.81. The molecule has 4 aromatic rings. The summed E-state index contributed by atoms with van der Waals surface area (Å²) in [5.41, 5.74) is 3.14. The van der Waals surface area contributed by atoms with E-state index in [1.165, 1.54) is 38.3 Å². The van der Waals surface area contributed by atoms with Crippen molar-refractivity contribution in [1.82, 2.24) is 29.5 Å². The highest BCUT2D eigenvalue weighted by Gasteiger charge is 2.26. The van der Waals surface area contributed by atoms with Gasteiger partial charge < -0.3 is 20.3 Å². The number of rotatable bonds is 7. The molecule has 0 bridgehead atoms. The third kappa shape index (κ3) is 5.34. The zero-order valence-corrected chi connectivity index (χ0v) is 23.2. The van der Waals surface area contributed by atoms with Crippen LogP contribution in [0.4, 0.5) is 20.3 Å². The van der Waals surface area contributed by atoms with Gasteiger partial charge in [0.15, 0.2) is 23.0 Å². The summed E-state index contributed by atoms with van der Waals surface area (Å²) in [6.45, 7) is 7.28. The third-order valence-electron chi connectivity index (χ3n) is 7.99. The van der Waals surface area contributed by atoms with Crippen LogP contribution in [0.2, 0.25) is 0 Å². The number of carbonyl (C=O) groups excluding carboxylic acids is 1. The van der Waals surface area contributed by atoms with Gasteiger partial charge in [-0.15, -0.1) is 0 Å². The van der Waals surface area contributed by atoms with Crippen molar-refractivity contribution in [2.24, 2.45) is 0 Å². The number of anilines is 2. The van der Waals surface area contributed by atoms with Crippen molar-refractivity contribution in [2.45, 2.75) is 25.8 Å². The molecule has 2 aliphatic rings. The molecule has 6 rings (SSSR count). The maximum Gasteiger partial charge on any atom is 0.254 e. The Bertz CT molecular complexity index is 1580. The first-order valence-corrected chi connectivity index (χ1v) is 13.9. The van der Waals surface area contributed by atoms with Gasteiger partial charge in [0.25, 0.3) is 5.91 Å². The number of amides is 1. The molecule has 2 saturated heterocycles. The fourth-order valence-corrected chi connectivity index (χ4v) is 5.74. The molecule has 2 aromatic heterocycles. The van der Waals surface area contributed by atoms with Gasteiger partial charge in [-0.05, 0) is 62.2 Å². The quantitative estimate of drug-likeness (QED) is 0.349. The van der Waals surface area contributed by atoms with Crippen molar-refractivity contribution in [2.75, 3.05) is 51.7 Å². The van der Waals surface area contributed by atoms with Crippen molar-refractivity contribution >= 4 is 23.1 Å². The number of fused-ring (bicyclic) bond motifs is 1.